The zero-order valence-electron chi connectivity index (χ0n) is 9.89. The Labute approximate surface area is 105 Å². The van der Waals surface area contributed by atoms with Gasteiger partial charge in [-0.1, -0.05) is 54.6 Å². The Balaban J connectivity index is 2.46. The summed E-state index contributed by atoms with van der Waals surface area (Å²) in [5.74, 6) is -0.370. The Morgan fingerprint density at radius 3 is 2.78 bits per heavy atom. The van der Waals surface area contributed by atoms with E-state index < -0.39 is 0 Å². The standard InChI is InChI=1S/C16H13NO/c17-16(18)15-13-7-3-1-5-11(13)9-10-12-6-2-4-8-14(12)15/h1-5,7-10H,6H2,(H2,17,18). The summed E-state index contributed by atoms with van der Waals surface area (Å²) in [5.41, 5.74) is 8.29. The fourth-order valence-electron chi connectivity index (χ4n) is 2.45. The average molecular weight is 235 g/mol. The summed E-state index contributed by atoms with van der Waals surface area (Å²) in [7, 11) is 0. The lowest BCUT2D eigenvalue weighted by Gasteiger charge is -2.13. The predicted molar refractivity (Wildman–Crippen MR) is 72.7 cm³/mol. The maximum Gasteiger partial charge on any atom is 0.249 e. The number of carbonyl (C=O) groups excluding carboxylic acids is 1. The van der Waals surface area contributed by atoms with Crippen LogP contribution in [0, 0.1) is 0 Å². The van der Waals surface area contributed by atoms with Crippen LogP contribution in [0.3, 0.4) is 0 Å². The van der Waals surface area contributed by atoms with E-state index >= 15 is 0 Å². The molecule has 18 heavy (non-hydrogen) atoms. The van der Waals surface area contributed by atoms with Crippen molar-refractivity contribution in [2.45, 2.75) is 6.42 Å². The number of benzene rings is 1. The van der Waals surface area contributed by atoms with Crippen LogP contribution < -0.4 is 16.2 Å². The first-order chi connectivity index (χ1) is 8.77. The molecule has 2 nitrogen and oxygen atoms in total. The molecular formula is C16H13NO. The minimum Gasteiger partial charge on any atom is -0.366 e. The molecule has 0 fully saturated rings. The number of hydrogen-bond donors (Lipinski definition) is 1. The second-order valence-electron chi connectivity index (χ2n) is 4.40. The molecule has 0 unspecified atom stereocenters. The van der Waals surface area contributed by atoms with E-state index in [4.69, 9.17) is 5.73 Å². The van der Waals surface area contributed by atoms with Crippen molar-refractivity contribution in [3.63, 3.8) is 0 Å². The highest BCUT2D eigenvalue weighted by atomic mass is 16.1. The Bertz CT molecular complexity index is 733. The summed E-state index contributed by atoms with van der Waals surface area (Å²) in [5, 5.41) is 1.95. The van der Waals surface area contributed by atoms with Gasteiger partial charge in [-0.25, -0.2) is 0 Å². The third kappa shape index (κ3) is 1.63. The SMILES string of the molecule is NC(=O)C1=c2ccccc2=CC=C2CC=CC=C21. The highest BCUT2D eigenvalue weighted by Gasteiger charge is 2.18. The minimum absolute atomic E-state index is 0.370. The van der Waals surface area contributed by atoms with Crippen LogP contribution in [-0.4, -0.2) is 5.91 Å². The fourth-order valence-corrected chi connectivity index (χ4v) is 2.45. The van der Waals surface area contributed by atoms with Crippen molar-refractivity contribution < 1.29 is 4.79 Å². The zero-order chi connectivity index (χ0) is 12.5. The molecule has 2 N–H and O–H groups in total. The van der Waals surface area contributed by atoms with E-state index in [1.165, 1.54) is 0 Å². The number of primary amides is 1. The lowest BCUT2D eigenvalue weighted by atomic mass is 9.91. The molecule has 1 aromatic carbocycles. The van der Waals surface area contributed by atoms with Gasteiger partial charge >= 0.3 is 0 Å². The maximum absolute atomic E-state index is 11.8. The molecule has 0 atom stereocenters. The van der Waals surface area contributed by atoms with Crippen LogP contribution in [0.5, 0.6) is 0 Å². The number of allylic oxidation sites excluding steroid dienone is 5. The molecule has 3 rings (SSSR count). The van der Waals surface area contributed by atoms with Crippen molar-refractivity contribution in [2.24, 2.45) is 5.73 Å². The molecule has 0 aliphatic heterocycles. The van der Waals surface area contributed by atoms with Gasteiger partial charge in [0.1, 0.15) is 0 Å². The third-order valence-corrected chi connectivity index (χ3v) is 3.29. The lowest BCUT2D eigenvalue weighted by Crippen LogP contribution is -2.31. The van der Waals surface area contributed by atoms with E-state index in [0.29, 0.717) is 5.57 Å². The van der Waals surface area contributed by atoms with E-state index in [9.17, 15) is 4.79 Å². The summed E-state index contributed by atoms with van der Waals surface area (Å²) in [6, 6.07) is 7.84. The number of fused-ring (bicyclic) bond motifs is 2. The molecular weight excluding hydrogens is 222 g/mol. The minimum atomic E-state index is -0.370. The van der Waals surface area contributed by atoms with Crippen LogP contribution >= 0.6 is 0 Å². The van der Waals surface area contributed by atoms with E-state index in [0.717, 1.165) is 28.0 Å². The van der Waals surface area contributed by atoms with Crippen molar-refractivity contribution in [2.75, 3.05) is 0 Å². The highest BCUT2D eigenvalue weighted by molar-refractivity contribution is 6.20. The van der Waals surface area contributed by atoms with E-state index in [2.05, 4.69) is 12.2 Å². The largest absolute Gasteiger partial charge is 0.366 e. The van der Waals surface area contributed by atoms with Gasteiger partial charge in [-0.15, -0.1) is 0 Å². The number of nitrogens with two attached hydrogens (primary N) is 1. The molecule has 0 aromatic heterocycles. The first-order valence-corrected chi connectivity index (χ1v) is 5.95. The second kappa shape index (κ2) is 4.15. The first-order valence-electron chi connectivity index (χ1n) is 5.95. The number of rotatable bonds is 1. The van der Waals surface area contributed by atoms with Gasteiger partial charge in [0.25, 0.3) is 0 Å². The summed E-state index contributed by atoms with van der Waals surface area (Å²) >= 11 is 0. The molecule has 0 radical (unpaired) electrons. The zero-order valence-corrected chi connectivity index (χ0v) is 9.89. The van der Waals surface area contributed by atoms with E-state index in [1.54, 1.807) is 0 Å². The quantitative estimate of drug-likeness (QED) is 0.773. The van der Waals surface area contributed by atoms with Crippen LogP contribution in [-0.2, 0) is 4.79 Å². The first kappa shape index (κ1) is 10.8. The van der Waals surface area contributed by atoms with Gasteiger partial charge in [-0.05, 0) is 28.0 Å². The number of hydrogen-bond acceptors (Lipinski definition) is 1. The Hall–Kier alpha value is -2.35. The molecule has 1 aromatic rings. The van der Waals surface area contributed by atoms with Crippen molar-refractivity contribution in [1.29, 1.82) is 0 Å². The van der Waals surface area contributed by atoms with Crippen LogP contribution in [0.4, 0.5) is 0 Å². The molecule has 2 heteroatoms. The summed E-state index contributed by atoms with van der Waals surface area (Å²) < 4.78 is 0. The molecule has 0 saturated heterocycles. The van der Waals surface area contributed by atoms with Gasteiger partial charge in [0.2, 0.25) is 5.91 Å². The molecule has 0 heterocycles. The van der Waals surface area contributed by atoms with Crippen LogP contribution in [0.2, 0.25) is 0 Å². The van der Waals surface area contributed by atoms with Crippen LogP contribution in [0.15, 0.2) is 59.7 Å². The third-order valence-electron chi connectivity index (χ3n) is 3.29. The smallest absolute Gasteiger partial charge is 0.249 e. The van der Waals surface area contributed by atoms with Gasteiger partial charge in [0, 0.05) is 0 Å². The summed E-state index contributed by atoms with van der Waals surface area (Å²) in [6.45, 7) is 0. The van der Waals surface area contributed by atoms with E-state index in [-0.39, 0.29) is 5.91 Å². The average Bonchev–Trinajstić information content (AvgIpc) is 2.55. The summed E-state index contributed by atoms with van der Waals surface area (Å²) in [6.07, 6.45) is 11.0. The molecule has 2 aliphatic rings. The predicted octanol–water partition coefficient (Wildman–Crippen LogP) is 0.929. The van der Waals surface area contributed by atoms with Crippen molar-refractivity contribution >= 4 is 17.6 Å². The maximum atomic E-state index is 11.8. The van der Waals surface area contributed by atoms with Crippen molar-refractivity contribution in [3.8, 4) is 0 Å². The molecule has 1 amide bonds. The van der Waals surface area contributed by atoms with Crippen molar-refractivity contribution in [1.82, 2.24) is 0 Å². The van der Waals surface area contributed by atoms with Crippen molar-refractivity contribution in [3.05, 3.63) is 70.2 Å². The summed E-state index contributed by atoms with van der Waals surface area (Å²) in [4.78, 5) is 11.8. The Morgan fingerprint density at radius 2 is 1.94 bits per heavy atom. The van der Waals surface area contributed by atoms with Gasteiger partial charge in [-0.3, -0.25) is 4.79 Å². The molecule has 0 spiro atoms. The normalized spacial score (nSPS) is 16.8. The van der Waals surface area contributed by atoms with Crippen LogP contribution in [0.1, 0.15) is 6.42 Å². The van der Waals surface area contributed by atoms with Gasteiger partial charge < -0.3 is 5.73 Å². The lowest BCUT2D eigenvalue weighted by molar-refractivity contribution is -0.112. The highest BCUT2D eigenvalue weighted by Crippen LogP contribution is 2.26. The monoisotopic (exact) mass is 235 g/mol. The van der Waals surface area contributed by atoms with Gasteiger partial charge in [-0.2, -0.15) is 0 Å². The molecule has 0 saturated carbocycles. The number of carbonyl (C=O) groups is 1. The second-order valence-corrected chi connectivity index (χ2v) is 4.40. The van der Waals surface area contributed by atoms with Gasteiger partial charge in [0.15, 0.2) is 0 Å². The van der Waals surface area contributed by atoms with Gasteiger partial charge in [0.05, 0.1) is 5.57 Å². The van der Waals surface area contributed by atoms with E-state index in [1.807, 2.05) is 42.5 Å². The number of amides is 1. The topological polar surface area (TPSA) is 43.1 Å². The molecule has 88 valence electrons. The molecule has 2 aliphatic carbocycles. The molecule has 0 bridgehead atoms. The fraction of sp³-hybridized carbons (Fsp3) is 0.0625. The Morgan fingerprint density at radius 1 is 1.11 bits per heavy atom. The van der Waals surface area contributed by atoms with Crippen LogP contribution in [0.25, 0.3) is 11.6 Å². The Kier molecular flexibility index (Phi) is 2.49.